The Morgan fingerprint density at radius 2 is 2.12 bits per heavy atom. The first kappa shape index (κ1) is 15.7. The largest absolute Gasteiger partial charge is 0.309 e. The first-order chi connectivity index (χ1) is 11.5. The van der Waals surface area contributed by atoms with Crippen LogP contribution in [0.25, 0.3) is 20.4 Å². The Balaban J connectivity index is 1.74. The Kier molecular flexibility index (Phi) is 3.90. The zero-order valence-electron chi connectivity index (χ0n) is 13.3. The molecule has 4 heterocycles. The summed E-state index contributed by atoms with van der Waals surface area (Å²) in [5, 5.41) is 3.63. The highest BCUT2D eigenvalue weighted by Crippen LogP contribution is 2.37. The predicted octanol–water partition coefficient (Wildman–Crippen LogP) is 4.46. The van der Waals surface area contributed by atoms with Gasteiger partial charge in [-0.1, -0.05) is 11.8 Å². The van der Waals surface area contributed by atoms with Gasteiger partial charge in [-0.2, -0.15) is 0 Å². The molecule has 24 heavy (non-hydrogen) atoms. The van der Waals surface area contributed by atoms with Crippen LogP contribution in [0.5, 0.6) is 0 Å². The van der Waals surface area contributed by atoms with Gasteiger partial charge in [-0.05, 0) is 37.8 Å². The number of fused-ring (bicyclic) bond motifs is 2. The van der Waals surface area contributed by atoms with Gasteiger partial charge in [-0.25, -0.2) is 15.0 Å². The van der Waals surface area contributed by atoms with Crippen molar-refractivity contribution in [3.8, 4) is 0 Å². The van der Waals surface area contributed by atoms with Gasteiger partial charge in [0.15, 0.2) is 0 Å². The number of rotatable bonds is 3. The lowest BCUT2D eigenvalue weighted by Crippen LogP contribution is -2.12. The smallest absolute Gasteiger partial charge is 0.259 e. The Labute approximate surface area is 150 Å². The number of nitrogens with zero attached hydrogens (tertiary/aromatic N) is 3. The quantitative estimate of drug-likeness (QED) is 0.423. The SMILES string of the molecule is Cc1sc2nc([C@@H](C)Sc3ncnc4ccsc34)[nH]c(=O)c2c1C. The average Bonchev–Trinajstić information content (AvgIpc) is 3.13. The molecular formula is C16H14N4OS3. The van der Waals surface area contributed by atoms with Gasteiger partial charge in [-0.15, -0.1) is 22.7 Å². The molecule has 8 heteroatoms. The number of aromatic amines is 1. The first-order valence-corrected chi connectivity index (χ1v) is 9.97. The minimum absolute atomic E-state index is 0.00925. The second kappa shape index (κ2) is 5.94. The lowest BCUT2D eigenvalue weighted by atomic mass is 10.2. The van der Waals surface area contributed by atoms with Gasteiger partial charge in [0.1, 0.15) is 22.0 Å². The van der Waals surface area contributed by atoms with E-state index in [2.05, 4.69) is 19.9 Å². The number of thioether (sulfide) groups is 1. The van der Waals surface area contributed by atoms with Crippen LogP contribution in [0.15, 0.2) is 27.6 Å². The van der Waals surface area contributed by atoms with Crippen molar-refractivity contribution in [3.63, 3.8) is 0 Å². The zero-order chi connectivity index (χ0) is 16.8. The molecule has 4 aromatic heterocycles. The first-order valence-electron chi connectivity index (χ1n) is 7.39. The summed E-state index contributed by atoms with van der Waals surface area (Å²) in [6.45, 7) is 6.02. The van der Waals surface area contributed by atoms with E-state index in [0.29, 0.717) is 11.2 Å². The molecule has 0 fully saturated rings. The summed E-state index contributed by atoms with van der Waals surface area (Å²) in [5.74, 6) is 0.682. The molecule has 1 atom stereocenters. The number of nitrogens with one attached hydrogen (secondary N) is 1. The van der Waals surface area contributed by atoms with Crippen LogP contribution < -0.4 is 5.56 Å². The van der Waals surface area contributed by atoms with Gasteiger partial charge in [0.05, 0.1) is 20.9 Å². The molecule has 0 aliphatic rings. The van der Waals surface area contributed by atoms with Gasteiger partial charge >= 0.3 is 0 Å². The van der Waals surface area contributed by atoms with Crippen LogP contribution in [-0.4, -0.2) is 19.9 Å². The minimum Gasteiger partial charge on any atom is -0.309 e. The van der Waals surface area contributed by atoms with Crippen molar-refractivity contribution < 1.29 is 0 Å². The lowest BCUT2D eigenvalue weighted by Gasteiger charge is -2.10. The van der Waals surface area contributed by atoms with Gasteiger partial charge in [0.25, 0.3) is 5.56 Å². The Morgan fingerprint density at radius 1 is 1.29 bits per heavy atom. The molecule has 5 nitrogen and oxygen atoms in total. The molecule has 0 radical (unpaired) electrons. The predicted molar refractivity (Wildman–Crippen MR) is 101 cm³/mol. The van der Waals surface area contributed by atoms with E-state index in [1.165, 1.54) is 0 Å². The van der Waals surface area contributed by atoms with Crippen molar-refractivity contribution in [1.82, 2.24) is 19.9 Å². The maximum atomic E-state index is 12.4. The normalized spacial score (nSPS) is 13.0. The van der Waals surface area contributed by atoms with Crippen molar-refractivity contribution in [2.75, 3.05) is 0 Å². The third kappa shape index (κ3) is 2.54. The van der Waals surface area contributed by atoms with E-state index in [1.54, 1.807) is 40.8 Å². The highest BCUT2D eigenvalue weighted by atomic mass is 32.2. The Bertz CT molecular complexity index is 1110. The summed E-state index contributed by atoms with van der Waals surface area (Å²) in [6.07, 6.45) is 1.58. The molecule has 4 aromatic rings. The van der Waals surface area contributed by atoms with Crippen LogP contribution in [0.4, 0.5) is 0 Å². The molecule has 0 saturated carbocycles. The molecule has 0 amide bonds. The van der Waals surface area contributed by atoms with Crippen LogP contribution in [0.2, 0.25) is 0 Å². The Morgan fingerprint density at radius 3 is 2.96 bits per heavy atom. The number of aromatic nitrogens is 4. The van der Waals surface area contributed by atoms with E-state index in [-0.39, 0.29) is 10.8 Å². The van der Waals surface area contributed by atoms with Gasteiger partial charge in [0.2, 0.25) is 0 Å². The summed E-state index contributed by atoms with van der Waals surface area (Å²) >= 11 is 4.79. The van der Waals surface area contributed by atoms with E-state index in [0.717, 1.165) is 30.5 Å². The molecule has 0 aliphatic heterocycles. The van der Waals surface area contributed by atoms with E-state index in [1.807, 2.05) is 32.2 Å². The van der Waals surface area contributed by atoms with Crippen molar-refractivity contribution in [2.45, 2.75) is 31.0 Å². The van der Waals surface area contributed by atoms with E-state index in [9.17, 15) is 4.79 Å². The average molecular weight is 375 g/mol. The molecule has 0 bridgehead atoms. The fraction of sp³-hybridized carbons (Fsp3) is 0.250. The summed E-state index contributed by atoms with van der Waals surface area (Å²) in [5.41, 5.74) is 1.91. The van der Waals surface area contributed by atoms with Crippen molar-refractivity contribution in [2.24, 2.45) is 0 Å². The van der Waals surface area contributed by atoms with E-state index < -0.39 is 0 Å². The molecular weight excluding hydrogens is 360 g/mol. The second-order valence-electron chi connectivity index (χ2n) is 5.49. The fourth-order valence-corrected chi connectivity index (χ4v) is 5.47. The number of H-pyrrole nitrogens is 1. The fourth-order valence-electron chi connectivity index (χ4n) is 2.54. The standard InChI is InChI=1S/C16H14N4OS3/c1-7-8(2)23-15-11(7)14(21)19-13(20-15)9(3)24-16-12-10(4-5-22-12)17-6-18-16/h4-6,9H,1-3H3,(H,19,20,21)/t9-/m1/s1. The Hall–Kier alpha value is -1.77. The number of thiophene rings is 2. The second-order valence-corrected chi connectivity index (χ2v) is 8.94. The lowest BCUT2D eigenvalue weighted by molar-refractivity contribution is 0.921. The van der Waals surface area contributed by atoms with Crippen LogP contribution in [0.1, 0.15) is 28.4 Å². The van der Waals surface area contributed by atoms with Crippen molar-refractivity contribution >= 4 is 54.9 Å². The summed E-state index contributed by atoms with van der Waals surface area (Å²) in [4.78, 5) is 30.7. The van der Waals surface area contributed by atoms with Crippen LogP contribution in [0.3, 0.4) is 0 Å². The van der Waals surface area contributed by atoms with Gasteiger partial charge < -0.3 is 4.98 Å². The molecule has 122 valence electrons. The van der Waals surface area contributed by atoms with E-state index >= 15 is 0 Å². The number of aryl methyl sites for hydroxylation is 2. The van der Waals surface area contributed by atoms with Gasteiger partial charge in [0, 0.05) is 4.88 Å². The third-order valence-corrected chi connectivity index (χ3v) is 7.19. The molecule has 1 N–H and O–H groups in total. The molecule has 0 spiro atoms. The molecule has 0 aromatic carbocycles. The highest BCUT2D eigenvalue weighted by Gasteiger charge is 2.18. The third-order valence-electron chi connectivity index (χ3n) is 3.94. The summed E-state index contributed by atoms with van der Waals surface area (Å²) in [6, 6.07) is 1.99. The molecule has 0 saturated heterocycles. The summed E-state index contributed by atoms with van der Waals surface area (Å²) in [7, 11) is 0. The monoisotopic (exact) mass is 374 g/mol. The molecule has 4 rings (SSSR count). The van der Waals surface area contributed by atoms with Gasteiger partial charge in [-0.3, -0.25) is 4.79 Å². The minimum atomic E-state index is -0.0618. The van der Waals surface area contributed by atoms with Crippen molar-refractivity contribution in [1.29, 1.82) is 0 Å². The number of hydrogen-bond donors (Lipinski definition) is 1. The summed E-state index contributed by atoms with van der Waals surface area (Å²) < 4.78 is 1.07. The van der Waals surface area contributed by atoms with Crippen LogP contribution in [-0.2, 0) is 0 Å². The highest BCUT2D eigenvalue weighted by molar-refractivity contribution is 7.99. The maximum Gasteiger partial charge on any atom is 0.259 e. The van der Waals surface area contributed by atoms with Crippen LogP contribution >= 0.6 is 34.4 Å². The molecule has 0 unspecified atom stereocenters. The maximum absolute atomic E-state index is 12.4. The topological polar surface area (TPSA) is 71.5 Å². The van der Waals surface area contributed by atoms with E-state index in [4.69, 9.17) is 0 Å². The number of hydrogen-bond acceptors (Lipinski definition) is 7. The zero-order valence-corrected chi connectivity index (χ0v) is 15.7. The van der Waals surface area contributed by atoms with Crippen molar-refractivity contribution in [3.05, 3.63) is 44.4 Å². The molecule has 0 aliphatic carbocycles. The van der Waals surface area contributed by atoms with Crippen LogP contribution in [0, 0.1) is 13.8 Å².